The van der Waals surface area contributed by atoms with Gasteiger partial charge in [-0.05, 0) is 68.0 Å². The number of carbonyl (C=O) groups is 3. The van der Waals surface area contributed by atoms with Crippen molar-refractivity contribution in [3.05, 3.63) is 106 Å². The minimum absolute atomic E-state index is 0.0348. The molecule has 1 atom stereocenters. The number of aryl methyl sites for hydroxylation is 1. The van der Waals surface area contributed by atoms with E-state index in [1.165, 1.54) is 29.2 Å². The van der Waals surface area contributed by atoms with Crippen molar-refractivity contribution in [2.45, 2.75) is 24.0 Å². The van der Waals surface area contributed by atoms with Crippen LogP contribution in [-0.2, 0) is 9.59 Å². The van der Waals surface area contributed by atoms with E-state index in [-0.39, 0.29) is 16.9 Å². The summed E-state index contributed by atoms with van der Waals surface area (Å²) in [6.07, 6.45) is 1.53. The van der Waals surface area contributed by atoms with Crippen LogP contribution in [0, 0.1) is 6.92 Å². The first-order valence-electron chi connectivity index (χ1n) is 11.8. The van der Waals surface area contributed by atoms with E-state index in [1.807, 2.05) is 6.92 Å². The van der Waals surface area contributed by atoms with E-state index in [0.29, 0.717) is 27.0 Å². The summed E-state index contributed by atoms with van der Waals surface area (Å²) in [5.74, 6) is -1.12. The number of aromatic nitrogens is 2. The van der Waals surface area contributed by atoms with Crippen LogP contribution < -0.4 is 16.0 Å². The Morgan fingerprint density at radius 2 is 1.62 bits per heavy atom. The summed E-state index contributed by atoms with van der Waals surface area (Å²) in [6, 6.07) is 22.7. The number of hydrogen-bond acceptors (Lipinski definition) is 7. The van der Waals surface area contributed by atoms with E-state index >= 15 is 0 Å². The fraction of sp³-hybridized carbons (Fsp3) is 0.107. The predicted molar refractivity (Wildman–Crippen MR) is 157 cm³/mol. The third-order valence-electron chi connectivity index (χ3n) is 5.28. The van der Waals surface area contributed by atoms with Crippen molar-refractivity contribution in [1.82, 2.24) is 15.5 Å². The number of anilines is 2. The van der Waals surface area contributed by atoms with E-state index in [1.54, 1.807) is 85.8 Å². The van der Waals surface area contributed by atoms with Crippen molar-refractivity contribution in [3.8, 4) is 0 Å². The molecule has 0 bridgehead atoms. The second kappa shape index (κ2) is 13.2. The lowest BCUT2D eigenvalue weighted by Crippen LogP contribution is -2.30. The number of carbonyl (C=O) groups excluding carboxylic acids is 3. The summed E-state index contributed by atoms with van der Waals surface area (Å²) in [4.78, 5) is 39.3. The van der Waals surface area contributed by atoms with Crippen molar-refractivity contribution in [1.29, 1.82) is 0 Å². The summed E-state index contributed by atoms with van der Waals surface area (Å²) < 4.78 is 0. The fourth-order valence-corrected chi connectivity index (χ4v) is 4.97. The Bertz CT molecular complexity index is 1510. The number of nitrogens with one attached hydrogen (secondary N) is 3. The molecular weight excluding hydrogens is 554 g/mol. The molecule has 0 radical (unpaired) electrons. The smallest absolute Gasteiger partial charge is 0.272 e. The molecule has 11 heteroatoms. The van der Waals surface area contributed by atoms with Gasteiger partial charge in [-0.1, -0.05) is 59.3 Å². The van der Waals surface area contributed by atoms with Gasteiger partial charge in [0.05, 0.1) is 5.25 Å². The van der Waals surface area contributed by atoms with Crippen LogP contribution in [0.25, 0.3) is 6.08 Å². The molecule has 39 heavy (non-hydrogen) atoms. The first-order chi connectivity index (χ1) is 18.8. The van der Waals surface area contributed by atoms with Gasteiger partial charge in [0.1, 0.15) is 10.7 Å². The molecule has 4 rings (SSSR count). The maximum atomic E-state index is 13.2. The van der Waals surface area contributed by atoms with Gasteiger partial charge in [-0.2, -0.15) is 0 Å². The highest BCUT2D eigenvalue weighted by atomic mass is 35.5. The monoisotopic (exact) mass is 577 g/mol. The van der Waals surface area contributed by atoms with Gasteiger partial charge in [0.25, 0.3) is 11.8 Å². The largest absolute Gasteiger partial charge is 0.321 e. The predicted octanol–water partition coefficient (Wildman–Crippen LogP) is 6.03. The Labute approximate surface area is 238 Å². The maximum absolute atomic E-state index is 13.2. The number of amides is 3. The average Bonchev–Trinajstić information content (AvgIpc) is 3.35. The lowest BCUT2D eigenvalue weighted by atomic mass is 10.1. The molecule has 4 aromatic rings. The van der Waals surface area contributed by atoms with Crippen molar-refractivity contribution < 1.29 is 14.4 Å². The van der Waals surface area contributed by atoms with Crippen molar-refractivity contribution in [2.75, 3.05) is 10.6 Å². The molecule has 0 saturated carbocycles. The normalized spacial score (nSPS) is 11.9. The number of rotatable bonds is 9. The number of benzene rings is 3. The molecule has 0 spiro atoms. The zero-order chi connectivity index (χ0) is 27.8. The van der Waals surface area contributed by atoms with Crippen molar-refractivity contribution in [3.63, 3.8) is 0 Å². The van der Waals surface area contributed by atoms with Crippen LogP contribution >= 0.6 is 34.7 Å². The Morgan fingerprint density at radius 3 is 2.28 bits per heavy atom. The van der Waals surface area contributed by atoms with Gasteiger partial charge in [-0.3, -0.25) is 19.7 Å². The van der Waals surface area contributed by atoms with Gasteiger partial charge < -0.3 is 10.6 Å². The van der Waals surface area contributed by atoms with Gasteiger partial charge in [0.2, 0.25) is 11.0 Å². The minimum atomic E-state index is -0.514. The Hall–Kier alpha value is -3.99. The molecule has 8 nitrogen and oxygen atoms in total. The van der Waals surface area contributed by atoms with Gasteiger partial charge in [0.15, 0.2) is 0 Å². The van der Waals surface area contributed by atoms with Crippen LogP contribution in [0.3, 0.4) is 0 Å². The summed E-state index contributed by atoms with van der Waals surface area (Å²) >= 11 is 8.97. The standard InChI is InChI=1S/C28H24ClN5O3S2/c1-17(25(35)32-28-34-33-18(2)39-28)38-22-14-12-21(13-15-22)30-27(37)24(16-20-10-6-7-11-23(20)29)31-26(36)19-8-4-3-5-9-19/h3-17H,1-2H3,(H,30,37)(H,31,36)(H,32,34,35)/b24-16-. The molecule has 3 amide bonds. The highest BCUT2D eigenvalue weighted by Gasteiger charge is 2.18. The van der Waals surface area contributed by atoms with Crippen molar-refractivity contribution >= 4 is 69.3 Å². The second-order valence-corrected chi connectivity index (χ2v) is 11.3. The fourth-order valence-electron chi connectivity index (χ4n) is 3.32. The van der Waals surface area contributed by atoms with E-state index in [9.17, 15) is 14.4 Å². The van der Waals surface area contributed by atoms with Crippen LogP contribution in [0.15, 0.2) is 89.5 Å². The van der Waals surface area contributed by atoms with Gasteiger partial charge in [0, 0.05) is 21.2 Å². The first-order valence-corrected chi connectivity index (χ1v) is 13.9. The zero-order valence-electron chi connectivity index (χ0n) is 21.0. The van der Waals surface area contributed by atoms with Crippen LogP contribution in [0.1, 0.15) is 27.9 Å². The number of hydrogen-bond donors (Lipinski definition) is 3. The Balaban J connectivity index is 1.44. The van der Waals surface area contributed by atoms with E-state index in [4.69, 9.17) is 11.6 Å². The molecule has 3 aromatic carbocycles. The Morgan fingerprint density at radius 1 is 0.923 bits per heavy atom. The van der Waals surface area contributed by atoms with E-state index in [2.05, 4.69) is 26.1 Å². The van der Waals surface area contributed by atoms with E-state index in [0.717, 1.165) is 9.90 Å². The van der Waals surface area contributed by atoms with Crippen LogP contribution in [-0.4, -0.2) is 33.2 Å². The Kier molecular flexibility index (Phi) is 9.48. The average molecular weight is 578 g/mol. The lowest BCUT2D eigenvalue weighted by Gasteiger charge is -2.13. The quantitative estimate of drug-likeness (QED) is 0.165. The van der Waals surface area contributed by atoms with Gasteiger partial charge >= 0.3 is 0 Å². The molecule has 0 saturated heterocycles. The highest BCUT2D eigenvalue weighted by Crippen LogP contribution is 2.26. The third-order valence-corrected chi connectivity index (χ3v) is 7.49. The van der Waals surface area contributed by atoms with Crippen molar-refractivity contribution in [2.24, 2.45) is 0 Å². The first kappa shape index (κ1) is 28.0. The number of nitrogens with zero attached hydrogens (tertiary/aromatic N) is 2. The maximum Gasteiger partial charge on any atom is 0.272 e. The highest BCUT2D eigenvalue weighted by molar-refractivity contribution is 8.00. The molecule has 1 unspecified atom stereocenters. The second-order valence-electron chi connectivity index (χ2n) is 8.25. The molecule has 0 aliphatic heterocycles. The zero-order valence-corrected chi connectivity index (χ0v) is 23.4. The van der Waals surface area contributed by atoms with Gasteiger partial charge in [-0.25, -0.2) is 0 Å². The molecule has 0 aliphatic carbocycles. The topological polar surface area (TPSA) is 113 Å². The molecular formula is C28H24ClN5O3S2. The summed E-state index contributed by atoms with van der Waals surface area (Å²) in [5.41, 5.74) is 1.55. The molecule has 1 heterocycles. The molecule has 0 fully saturated rings. The molecule has 198 valence electrons. The van der Waals surface area contributed by atoms with Crippen LogP contribution in [0.5, 0.6) is 0 Å². The number of halogens is 1. The van der Waals surface area contributed by atoms with Gasteiger partial charge in [-0.15, -0.1) is 22.0 Å². The van der Waals surface area contributed by atoms with Crippen LogP contribution in [0.2, 0.25) is 5.02 Å². The summed E-state index contributed by atoms with van der Waals surface area (Å²) in [6.45, 7) is 3.61. The molecule has 1 aromatic heterocycles. The van der Waals surface area contributed by atoms with Crippen LogP contribution in [0.4, 0.5) is 10.8 Å². The number of thioether (sulfide) groups is 1. The minimum Gasteiger partial charge on any atom is -0.321 e. The summed E-state index contributed by atoms with van der Waals surface area (Å²) in [7, 11) is 0. The lowest BCUT2D eigenvalue weighted by molar-refractivity contribution is -0.115. The molecule has 0 aliphatic rings. The third kappa shape index (κ3) is 8.00. The summed E-state index contributed by atoms with van der Waals surface area (Å²) in [5, 5.41) is 17.4. The SMILES string of the molecule is Cc1nnc(NC(=O)C(C)Sc2ccc(NC(=O)/C(=C/c3ccccc3Cl)NC(=O)c3ccccc3)cc2)s1. The van der Waals surface area contributed by atoms with E-state index < -0.39 is 11.8 Å². The molecule has 3 N–H and O–H groups in total.